The fourth-order valence-electron chi connectivity index (χ4n) is 4.80. The Hall–Kier alpha value is -4.09. The second-order valence-electron chi connectivity index (χ2n) is 9.22. The Bertz CT molecular complexity index is 1740. The van der Waals surface area contributed by atoms with Gasteiger partial charge in [-0.3, -0.25) is 20.0 Å². The SMILES string of the molecule is FC1(F)CCN(Cc2cncc(-c3ccc4[nH]nc(-c5nc6c(-c7ccsc7)nccc6[nH]5)c4n3)c2)C1. The van der Waals surface area contributed by atoms with E-state index in [1.54, 1.807) is 34.8 Å². The number of halogens is 2. The first-order valence-electron chi connectivity index (χ1n) is 11.8. The molecule has 0 unspecified atom stereocenters. The number of nitrogens with zero attached hydrogens (tertiary/aromatic N) is 6. The Morgan fingerprint density at radius 3 is 2.76 bits per heavy atom. The number of imidazole rings is 1. The molecule has 0 spiro atoms. The van der Waals surface area contributed by atoms with Crippen LogP contribution >= 0.6 is 11.3 Å². The number of thiophene rings is 1. The highest BCUT2D eigenvalue weighted by molar-refractivity contribution is 7.08. The Labute approximate surface area is 213 Å². The molecular formula is C26H20F2N8S. The van der Waals surface area contributed by atoms with E-state index in [1.807, 2.05) is 41.1 Å². The predicted octanol–water partition coefficient (Wildman–Crippen LogP) is 5.53. The van der Waals surface area contributed by atoms with Crippen molar-refractivity contribution in [2.45, 2.75) is 18.9 Å². The number of hydrogen-bond donors (Lipinski definition) is 2. The molecule has 1 saturated heterocycles. The standard InChI is InChI=1S/C26H20F2N8S/c27-26(28)5-7-36(14-26)12-15-9-17(11-29-10-15)18-1-2-20-23(31-18)24(35-34-20)25-32-19-3-6-30-21(22(19)33-25)16-4-8-37-13-16/h1-4,6,8-11,13H,5,7,12,14H2,(H,32,33)(H,34,35). The van der Waals surface area contributed by atoms with Crippen molar-refractivity contribution in [3.63, 3.8) is 0 Å². The normalized spacial score (nSPS) is 15.7. The number of nitrogens with one attached hydrogen (secondary N) is 2. The minimum Gasteiger partial charge on any atom is -0.336 e. The second-order valence-corrected chi connectivity index (χ2v) is 10.00. The highest BCUT2D eigenvalue weighted by Crippen LogP contribution is 2.32. The number of pyridine rings is 3. The largest absolute Gasteiger partial charge is 0.336 e. The summed E-state index contributed by atoms with van der Waals surface area (Å²) in [6.07, 6.45) is 5.11. The van der Waals surface area contributed by atoms with Crippen molar-refractivity contribution in [2.24, 2.45) is 0 Å². The van der Waals surface area contributed by atoms with E-state index in [4.69, 9.17) is 9.97 Å². The van der Waals surface area contributed by atoms with E-state index in [2.05, 4.69) is 25.1 Å². The van der Waals surface area contributed by atoms with Gasteiger partial charge in [-0.15, -0.1) is 0 Å². The van der Waals surface area contributed by atoms with Crippen molar-refractivity contribution in [1.29, 1.82) is 0 Å². The fraction of sp³-hybridized carbons (Fsp3) is 0.192. The number of rotatable bonds is 5. The van der Waals surface area contributed by atoms with Crippen LogP contribution in [0.15, 0.2) is 59.7 Å². The van der Waals surface area contributed by atoms with E-state index >= 15 is 0 Å². The fourth-order valence-corrected chi connectivity index (χ4v) is 5.44. The second kappa shape index (κ2) is 8.49. The lowest BCUT2D eigenvalue weighted by Gasteiger charge is -2.15. The number of H-pyrrole nitrogens is 2. The first-order valence-corrected chi connectivity index (χ1v) is 12.7. The van der Waals surface area contributed by atoms with Gasteiger partial charge in [0.25, 0.3) is 5.92 Å². The zero-order chi connectivity index (χ0) is 25.0. The van der Waals surface area contributed by atoms with Gasteiger partial charge in [-0.1, -0.05) is 0 Å². The molecule has 0 aromatic carbocycles. The van der Waals surface area contributed by atoms with Crippen LogP contribution in [0.3, 0.4) is 0 Å². The van der Waals surface area contributed by atoms with Gasteiger partial charge in [0.05, 0.1) is 29.0 Å². The minimum absolute atomic E-state index is 0.103. The molecule has 8 nitrogen and oxygen atoms in total. The van der Waals surface area contributed by atoms with E-state index in [-0.39, 0.29) is 13.0 Å². The third kappa shape index (κ3) is 4.05. The molecule has 37 heavy (non-hydrogen) atoms. The lowest BCUT2D eigenvalue weighted by molar-refractivity contribution is 0.0115. The van der Waals surface area contributed by atoms with Gasteiger partial charge in [0.2, 0.25) is 0 Å². The molecule has 2 N–H and O–H groups in total. The Kier molecular flexibility index (Phi) is 5.08. The average molecular weight is 515 g/mol. The summed E-state index contributed by atoms with van der Waals surface area (Å²) in [5, 5.41) is 11.6. The van der Waals surface area contributed by atoms with Crippen molar-refractivity contribution < 1.29 is 8.78 Å². The summed E-state index contributed by atoms with van der Waals surface area (Å²) >= 11 is 1.61. The van der Waals surface area contributed by atoms with Crippen molar-refractivity contribution >= 4 is 33.4 Å². The van der Waals surface area contributed by atoms with Crippen LogP contribution in [0.4, 0.5) is 8.78 Å². The lowest BCUT2D eigenvalue weighted by atomic mass is 10.1. The number of aromatic amines is 2. The van der Waals surface area contributed by atoms with E-state index in [0.717, 1.165) is 38.9 Å². The predicted molar refractivity (Wildman–Crippen MR) is 138 cm³/mol. The molecule has 6 aromatic rings. The zero-order valence-corrected chi connectivity index (χ0v) is 20.3. The topological polar surface area (TPSA) is 99.3 Å². The molecule has 0 bridgehead atoms. The highest BCUT2D eigenvalue weighted by atomic mass is 32.1. The maximum atomic E-state index is 13.6. The van der Waals surface area contributed by atoms with Gasteiger partial charge in [-0.25, -0.2) is 18.7 Å². The third-order valence-electron chi connectivity index (χ3n) is 6.57. The number of fused-ring (bicyclic) bond motifs is 2. The van der Waals surface area contributed by atoms with Gasteiger partial charge in [0, 0.05) is 54.6 Å². The minimum atomic E-state index is -2.62. The molecule has 0 saturated carbocycles. The van der Waals surface area contributed by atoms with Crippen molar-refractivity contribution in [2.75, 3.05) is 13.1 Å². The molecule has 184 valence electrons. The molecule has 0 radical (unpaired) electrons. The van der Waals surface area contributed by atoms with Gasteiger partial charge >= 0.3 is 0 Å². The zero-order valence-electron chi connectivity index (χ0n) is 19.4. The summed E-state index contributed by atoms with van der Waals surface area (Å²) < 4.78 is 27.2. The lowest BCUT2D eigenvalue weighted by Crippen LogP contribution is -2.24. The molecule has 7 rings (SSSR count). The average Bonchev–Trinajstić information content (AvgIpc) is 3.69. The van der Waals surface area contributed by atoms with Gasteiger partial charge in [-0.2, -0.15) is 16.4 Å². The van der Waals surface area contributed by atoms with E-state index in [9.17, 15) is 8.78 Å². The first-order chi connectivity index (χ1) is 18.0. The molecule has 1 aliphatic heterocycles. The van der Waals surface area contributed by atoms with Crippen LogP contribution in [-0.4, -0.2) is 59.0 Å². The first kappa shape index (κ1) is 22.1. The summed E-state index contributed by atoms with van der Waals surface area (Å²) in [6.45, 7) is 0.580. The molecule has 1 aliphatic rings. The Morgan fingerprint density at radius 2 is 1.92 bits per heavy atom. The summed E-state index contributed by atoms with van der Waals surface area (Å²) in [5.41, 5.74) is 7.92. The van der Waals surface area contributed by atoms with Crippen LogP contribution in [-0.2, 0) is 6.54 Å². The smallest absolute Gasteiger partial charge is 0.261 e. The quantitative estimate of drug-likeness (QED) is 0.314. The molecule has 7 heterocycles. The van der Waals surface area contributed by atoms with Crippen LogP contribution in [0.1, 0.15) is 12.0 Å². The summed E-state index contributed by atoms with van der Waals surface area (Å²) in [7, 11) is 0. The van der Waals surface area contributed by atoms with Crippen LogP contribution < -0.4 is 0 Å². The van der Waals surface area contributed by atoms with Crippen LogP contribution in [0.25, 0.3) is 56.1 Å². The molecular weight excluding hydrogens is 494 g/mol. The van der Waals surface area contributed by atoms with Crippen molar-refractivity contribution in [1.82, 2.24) is 40.0 Å². The summed E-state index contributed by atoms with van der Waals surface area (Å²) in [4.78, 5) is 23.7. The number of hydrogen-bond acceptors (Lipinski definition) is 7. The van der Waals surface area contributed by atoms with Crippen molar-refractivity contribution in [3.05, 3.63) is 65.2 Å². The van der Waals surface area contributed by atoms with E-state index in [0.29, 0.717) is 35.8 Å². The Morgan fingerprint density at radius 1 is 1.00 bits per heavy atom. The van der Waals surface area contributed by atoms with Crippen LogP contribution in [0.5, 0.6) is 0 Å². The van der Waals surface area contributed by atoms with Gasteiger partial charge in [-0.05, 0) is 41.3 Å². The van der Waals surface area contributed by atoms with Gasteiger partial charge in [0.15, 0.2) is 11.5 Å². The molecule has 6 aromatic heterocycles. The van der Waals surface area contributed by atoms with Crippen molar-refractivity contribution in [3.8, 4) is 34.0 Å². The Balaban J connectivity index is 1.24. The number of likely N-dealkylation sites (tertiary alicyclic amines) is 1. The number of aromatic nitrogens is 7. The molecule has 0 aliphatic carbocycles. The highest BCUT2D eigenvalue weighted by Gasteiger charge is 2.37. The summed E-state index contributed by atoms with van der Waals surface area (Å²) in [5.74, 6) is -2.02. The van der Waals surface area contributed by atoms with E-state index < -0.39 is 5.92 Å². The molecule has 1 fully saturated rings. The van der Waals surface area contributed by atoms with Crippen LogP contribution in [0, 0.1) is 0 Å². The van der Waals surface area contributed by atoms with Gasteiger partial charge < -0.3 is 4.98 Å². The monoisotopic (exact) mass is 514 g/mol. The van der Waals surface area contributed by atoms with Crippen LogP contribution in [0.2, 0.25) is 0 Å². The summed E-state index contributed by atoms with van der Waals surface area (Å²) in [6, 6.07) is 9.69. The van der Waals surface area contributed by atoms with E-state index in [1.165, 1.54) is 0 Å². The maximum Gasteiger partial charge on any atom is 0.261 e. The van der Waals surface area contributed by atoms with Gasteiger partial charge in [0.1, 0.15) is 11.0 Å². The maximum absolute atomic E-state index is 13.6. The molecule has 0 atom stereocenters. The third-order valence-corrected chi connectivity index (χ3v) is 7.26. The number of alkyl halides is 2. The molecule has 11 heteroatoms. The molecule has 0 amide bonds.